The number of nitrogens with one attached hydrogen (secondary N) is 1. The number of aryl methyl sites for hydroxylation is 5. The Bertz CT molecular complexity index is 633. The molecule has 2 rings (SSSR count). The van der Waals surface area contributed by atoms with Crippen molar-refractivity contribution in [1.82, 2.24) is 9.97 Å². The molecule has 0 amide bonds. The molecule has 1 aromatic heterocycles. The van der Waals surface area contributed by atoms with E-state index < -0.39 is 5.97 Å². The number of carbonyl (C=O) groups is 1. The average Bonchev–Trinajstić information content (AvgIpc) is 2.66. The zero-order valence-electron chi connectivity index (χ0n) is 12.4. The van der Waals surface area contributed by atoms with Gasteiger partial charge in [0.15, 0.2) is 0 Å². The largest absolute Gasteiger partial charge is 0.481 e. The van der Waals surface area contributed by atoms with Crippen LogP contribution >= 0.6 is 0 Å². The van der Waals surface area contributed by atoms with E-state index >= 15 is 0 Å². The second kappa shape index (κ2) is 5.49. The highest BCUT2D eigenvalue weighted by Gasteiger charge is 2.16. The minimum atomic E-state index is -0.791. The van der Waals surface area contributed by atoms with Crippen LogP contribution in [0.5, 0.6) is 0 Å². The maximum Gasteiger partial charge on any atom is 0.303 e. The van der Waals surface area contributed by atoms with Gasteiger partial charge in [-0.25, -0.2) is 4.98 Å². The Morgan fingerprint density at radius 1 is 1.20 bits per heavy atom. The zero-order valence-corrected chi connectivity index (χ0v) is 12.4. The van der Waals surface area contributed by atoms with Gasteiger partial charge in [0.2, 0.25) is 0 Å². The minimum Gasteiger partial charge on any atom is -0.481 e. The molecular formula is C16H20N2O2. The molecule has 0 saturated heterocycles. The first-order valence-electron chi connectivity index (χ1n) is 6.74. The summed E-state index contributed by atoms with van der Waals surface area (Å²) in [5, 5.41) is 8.85. The van der Waals surface area contributed by atoms with Crippen LogP contribution in [0.2, 0.25) is 0 Å². The van der Waals surface area contributed by atoms with E-state index in [4.69, 9.17) is 5.11 Å². The molecule has 0 fully saturated rings. The van der Waals surface area contributed by atoms with E-state index in [0.29, 0.717) is 6.42 Å². The third-order valence-electron chi connectivity index (χ3n) is 3.40. The van der Waals surface area contributed by atoms with Crippen LogP contribution in [0.15, 0.2) is 12.1 Å². The Labute approximate surface area is 118 Å². The van der Waals surface area contributed by atoms with E-state index in [0.717, 1.165) is 22.8 Å². The summed E-state index contributed by atoms with van der Waals surface area (Å²) in [6, 6.07) is 4.26. The molecule has 106 valence electrons. The summed E-state index contributed by atoms with van der Waals surface area (Å²) >= 11 is 0. The molecule has 0 aliphatic carbocycles. The first-order valence-corrected chi connectivity index (χ1v) is 6.74. The summed E-state index contributed by atoms with van der Waals surface area (Å²) in [4.78, 5) is 18.5. The van der Waals surface area contributed by atoms with Gasteiger partial charge in [0.25, 0.3) is 0 Å². The monoisotopic (exact) mass is 272 g/mol. The molecule has 20 heavy (non-hydrogen) atoms. The highest BCUT2D eigenvalue weighted by molar-refractivity contribution is 5.72. The van der Waals surface area contributed by atoms with Crippen molar-refractivity contribution in [3.05, 3.63) is 40.3 Å². The number of aromatic nitrogens is 2. The van der Waals surface area contributed by atoms with Crippen molar-refractivity contribution in [3.8, 4) is 11.3 Å². The summed E-state index contributed by atoms with van der Waals surface area (Å²) in [7, 11) is 0. The number of nitrogens with zero attached hydrogens (tertiary/aromatic N) is 1. The van der Waals surface area contributed by atoms with Crippen molar-refractivity contribution in [2.75, 3.05) is 0 Å². The predicted octanol–water partition coefficient (Wildman–Crippen LogP) is 3.33. The van der Waals surface area contributed by atoms with Gasteiger partial charge in [0.1, 0.15) is 5.82 Å². The lowest BCUT2D eigenvalue weighted by atomic mass is 9.95. The quantitative estimate of drug-likeness (QED) is 0.897. The molecular weight excluding hydrogens is 252 g/mol. The number of hydrogen-bond donors (Lipinski definition) is 2. The van der Waals surface area contributed by atoms with Gasteiger partial charge >= 0.3 is 5.97 Å². The number of benzene rings is 1. The van der Waals surface area contributed by atoms with Gasteiger partial charge in [-0.3, -0.25) is 4.79 Å². The maximum absolute atomic E-state index is 10.8. The van der Waals surface area contributed by atoms with Gasteiger partial charge in [0.05, 0.1) is 12.1 Å². The summed E-state index contributed by atoms with van der Waals surface area (Å²) in [5.74, 6) is 0.0281. The van der Waals surface area contributed by atoms with Gasteiger partial charge in [-0.1, -0.05) is 17.7 Å². The summed E-state index contributed by atoms with van der Waals surface area (Å²) in [5.41, 5.74) is 6.47. The summed E-state index contributed by atoms with van der Waals surface area (Å²) < 4.78 is 0. The molecule has 0 bridgehead atoms. The van der Waals surface area contributed by atoms with Gasteiger partial charge in [-0.15, -0.1) is 0 Å². The van der Waals surface area contributed by atoms with E-state index in [-0.39, 0.29) is 6.42 Å². The molecule has 0 saturated carbocycles. The van der Waals surface area contributed by atoms with Gasteiger partial charge in [-0.2, -0.15) is 0 Å². The second-order valence-corrected chi connectivity index (χ2v) is 5.32. The molecule has 0 aliphatic heterocycles. The lowest BCUT2D eigenvalue weighted by molar-refractivity contribution is -0.136. The topological polar surface area (TPSA) is 66.0 Å². The Balaban J connectivity index is 2.50. The van der Waals surface area contributed by atoms with Crippen LogP contribution < -0.4 is 0 Å². The van der Waals surface area contributed by atoms with Crippen molar-refractivity contribution in [3.63, 3.8) is 0 Å². The number of carboxylic acid groups (broad SMARTS) is 1. The molecule has 2 aromatic rings. The Morgan fingerprint density at radius 2 is 1.80 bits per heavy atom. The Morgan fingerprint density at radius 3 is 2.35 bits per heavy atom. The van der Waals surface area contributed by atoms with Crippen LogP contribution in [-0.4, -0.2) is 21.0 Å². The summed E-state index contributed by atoms with van der Waals surface area (Å²) in [6.07, 6.45) is 0.580. The van der Waals surface area contributed by atoms with Crippen LogP contribution in [0.1, 0.15) is 34.6 Å². The lowest BCUT2D eigenvalue weighted by Crippen LogP contribution is -2.00. The SMILES string of the molecule is Cc1cc(C)c(-c2nc(C)[nH]c2CCC(=O)O)c(C)c1. The van der Waals surface area contributed by atoms with Crippen LogP contribution in [-0.2, 0) is 11.2 Å². The molecule has 0 unspecified atom stereocenters. The number of rotatable bonds is 4. The first kappa shape index (κ1) is 14.3. The third kappa shape index (κ3) is 2.90. The Kier molecular flexibility index (Phi) is 3.93. The number of aromatic amines is 1. The van der Waals surface area contributed by atoms with Crippen LogP contribution in [0.3, 0.4) is 0 Å². The zero-order chi connectivity index (χ0) is 14.9. The van der Waals surface area contributed by atoms with Gasteiger partial charge < -0.3 is 10.1 Å². The number of H-pyrrole nitrogens is 1. The number of aliphatic carboxylic acids is 1. The molecule has 4 heteroatoms. The third-order valence-corrected chi connectivity index (χ3v) is 3.40. The fraction of sp³-hybridized carbons (Fsp3) is 0.375. The van der Waals surface area contributed by atoms with Gasteiger partial charge in [-0.05, 0) is 38.8 Å². The Hall–Kier alpha value is -2.10. The smallest absolute Gasteiger partial charge is 0.303 e. The van der Waals surface area contributed by atoms with Crippen molar-refractivity contribution in [1.29, 1.82) is 0 Å². The van der Waals surface area contributed by atoms with Crippen LogP contribution in [0, 0.1) is 27.7 Å². The van der Waals surface area contributed by atoms with Gasteiger partial charge in [0, 0.05) is 17.7 Å². The molecule has 0 spiro atoms. The predicted molar refractivity (Wildman–Crippen MR) is 78.9 cm³/mol. The van der Waals surface area contributed by atoms with Crippen molar-refractivity contribution >= 4 is 5.97 Å². The second-order valence-electron chi connectivity index (χ2n) is 5.32. The fourth-order valence-electron chi connectivity index (χ4n) is 2.71. The van der Waals surface area contributed by atoms with Crippen molar-refractivity contribution in [2.24, 2.45) is 0 Å². The van der Waals surface area contributed by atoms with Crippen molar-refractivity contribution in [2.45, 2.75) is 40.5 Å². The summed E-state index contributed by atoms with van der Waals surface area (Å²) in [6.45, 7) is 8.11. The normalized spacial score (nSPS) is 10.8. The standard InChI is InChI=1S/C16H20N2O2/c1-9-7-10(2)15(11(3)8-9)16-13(5-6-14(19)20)17-12(4)18-16/h7-8H,5-6H2,1-4H3,(H,17,18)(H,19,20). The van der Waals surface area contributed by atoms with E-state index in [1.54, 1.807) is 0 Å². The highest BCUT2D eigenvalue weighted by atomic mass is 16.4. The molecule has 1 aromatic carbocycles. The maximum atomic E-state index is 10.8. The van der Waals surface area contributed by atoms with E-state index in [1.807, 2.05) is 6.92 Å². The highest BCUT2D eigenvalue weighted by Crippen LogP contribution is 2.30. The van der Waals surface area contributed by atoms with Crippen LogP contribution in [0.4, 0.5) is 0 Å². The first-order chi connectivity index (χ1) is 9.38. The van der Waals surface area contributed by atoms with E-state index in [9.17, 15) is 4.79 Å². The molecule has 4 nitrogen and oxygen atoms in total. The van der Waals surface area contributed by atoms with Crippen LogP contribution in [0.25, 0.3) is 11.3 Å². The lowest BCUT2D eigenvalue weighted by Gasteiger charge is -2.11. The molecule has 0 atom stereocenters. The number of carboxylic acids is 1. The number of hydrogen-bond acceptors (Lipinski definition) is 2. The van der Waals surface area contributed by atoms with E-state index in [1.165, 1.54) is 16.7 Å². The minimum absolute atomic E-state index is 0.110. The molecule has 1 heterocycles. The molecule has 2 N–H and O–H groups in total. The fourth-order valence-corrected chi connectivity index (χ4v) is 2.71. The number of imidazole rings is 1. The average molecular weight is 272 g/mol. The molecule has 0 aliphatic rings. The van der Waals surface area contributed by atoms with Crippen molar-refractivity contribution < 1.29 is 9.90 Å². The molecule has 0 radical (unpaired) electrons. The van der Waals surface area contributed by atoms with E-state index in [2.05, 4.69) is 42.9 Å².